The lowest BCUT2D eigenvalue weighted by Gasteiger charge is -2.07. The largest absolute Gasteiger partial charge is 0.339 e. The van der Waals surface area contributed by atoms with E-state index in [2.05, 4.69) is 20.6 Å². The van der Waals surface area contributed by atoms with Crippen LogP contribution in [-0.4, -0.2) is 20.0 Å². The first-order valence-corrected chi connectivity index (χ1v) is 7.57. The smallest absolute Gasteiger partial charge is 0.279 e. The number of hydrogen-bond donors (Lipinski definition) is 2. The third-order valence-electron chi connectivity index (χ3n) is 3.79. The molecule has 2 aromatic heterocycles. The number of aromatic amines is 1. The fraction of sp³-hybridized carbons (Fsp3) is 0.0556. The highest BCUT2D eigenvalue weighted by molar-refractivity contribution is 5.80. The van der Waals surface area contributed by atoms with Gasteiger partial charge in [-0.1, -0.05) is 18.2 Å². The van der Waals surface area contributed by atoms with E-state index in [-0.39, 0.29) is 5.56 Å². The number of aromatic nitrogens is 4. The highest BCUT2D eigenvalue weighted by atomic mass is 16.1. The Balaban J connectivity index is 1.68. The van der Waals surface area contributed by atoms with Gasteiger partial charge in [-0.25, -0.2) is 0 Å². The van der Waals surface area contributed by atoms with Crippen LogP contribution in [0.3, 0.4) is 0 Å². The van der Waals surface area contributed by atoms with Crippen LogP contribution in [0.5, 0.6) is 0 Å². The van der Waals surface area contributed by atoms with Crippen molar-refractivity contribution in [3.63, 3.8) is 0 Å². The Hall–Kier alpha value is -3.41. The molecular weight excluding hydrogens is 302 g/mol. The van der Waals surface area contributed by atoms with Gasteiger partial charge in [-0.05, 0) is 37.3 Å². The van der Waals surface area contributed by atoms with Gasteiger partial charge >= 0.3 is 0 Å². The summed E-state index contributed by atoms with van der Waals surface area (Å²) in [6.45, 7) is 1.94. The zero-order valence-corrected chi connectivity index (χ0v) is 13.0. The first-order valence-electron chi connectivity index (χ1n) is 7.57. The monoisotopic (exact) mass is 317 g/mol. The fourth-order valence-electron chi connectivity index (χ4n) is 2.59. The maximum Gasteiger partial charge on any atom is 0.279 e. The Morgan fingerprint density at radius 2 is 1.88 bits per heavy atom. The second kappa shape index (κ2) is 5.66. The van der Waals surface area contributed by atoms with Gasteiger partial charge in [-0.2, -0.15) is 14.9 Å². The van der Waals surface area contributed by atoms with Crippen molar-refractivity contribution in [1.29, 1.82) is 0 Å². The molecule has 0 aliphatic rings. The van der Waals surface area contributed by atoms with E-state index in [4.69, 9.17) is 0 Å². The van der Waals surface area contributed by atoms with Gasteiger partial charge in [-0.3, -0.25) is 9.89 Å². The molecule has 2 aromatic carbocycles. The van der Waals surface area contributed by atoms with Crippen LogP contribution in [0.2, 0.25) is 0 Å². The summed E-state index contributed by atoms with van der Waals surface area (Å²) in [7, 11) is 0. The summed E-state index contributed by atoms with van der Waals surface area (Å²) in [6, 6.07) is 16.8. The molecule has 0 saturated heterocycles. The molecule has 0 amide bonds. The number of anilines is 2. The Morgan fingerprint density at radius 1 is 1.08 bits per heavy atom. The molecule has 2 N–H and O–H groups in total. The molecule has 6 heteroatoms. The quantitative estimate of drug-likeness (QED) is 0.608. The first-order chi connectivity index (χ1) is 11.7. The van der Waals surface area contributed by atoms with Gasteiger partial charge < -0.3 is 5.32 Å². The average Bonchev–Trinajstić information content (AvgIpc) is 3.01. The maximum atomic E-state index is 12.6. The zero-order chi connectivity index (χ0) is 16.5. The van der Waals surface area contributed by atoms with E-state index in [0.29, 0.717) is 5.39 Å². The van der Waals surface area contributed by atoms with E-state index >= 15 is 0 Å². The molecule has 0 radical (unpaired) electrons. The van der Waals surface area contributed by atoms with Gasteiger partial charge in [0.1, 0.15) is 0 Å². The van der Waals surface area contributed by atoms with Crippen LogP contribution in [0.25, 0.3) is 16.5 Å². The van der Waals surface area contributed by atoms with E-state index in [1.54, 1.807) is 6.20 Å². The van der Waals surface area contributed by atoms with E-state index in [1.807, 2.05) is 61.5 Å². The van der Waals surface area contributed by atoms with Crippen molar-refractivity contribution in [3.8, 4) is 5.69 Å². The van der Waals surface area contributed by atoms with Crippen molar-refractivity contribution < 1.29 is 0 Å². The standard InChI is InChI=1S/C18H15N5O/c1-12-10-17(22-21-12)20-14-6-8-15(9-7-14)23-18(24)16-5-3-2-4-13(16)11-19-23/h2-11H,1H3,(H2,20,21,22). The van der Waals surface area contributed by atoms with Crippen LogP contribution in [0.4, 0.5) is 11.5 Å². The Morgan fingerprint density at radius 3 is 2.62 bits per heavy atom. The van der Waals surface area contributed by atoms with Gasteiger partial charge in [0.25, 0.3) is 5.56 Å². The molecule has 0 aliphatic carbocycles. The Labute approximate surface area is 137 Å². The second-order valence-electron chi connectivity index (χ2n) is 5.56. The molecule has 0 spiro atoms. The molecule has 24 heavy (non-hydrogen) atoms. The molecular formula is C18H15N5O. The van der Waals surface area contributed by atoms with Gasteiger partial charge in [0.05, 0.1) is 17.3 Å². The molecule has 0 aliphatic heterocycles. The maximum absolute atomic E-state index is 12.6. The Bertz CT molecular complexity index is 1060. The molecule has 4 aromatic rings. The lowest BCUT2D eigenvalue weighted by Crippen LogP contribution is -2.20. The fourth-order valence-corrected chi connectivity index (χ4v) is 2.59. The lowest BCUT2D eigenvalue weighted by molar-refractivity contribution is 0.821. The summed E-state index contributed by atoms with van der Waals surface area (Å²) in [4.78, 5) is 12.6. The number of fused-ring (bicyclic) bond motifs is 1. The van der Waals surface area contributed by atoms with E-state index < -0.39 is 0 Å². The van der Waals surface area contributed by atoms with Crippen molar-refractivity contribution in [2.24, 2.45) is 0 Å². The summed E-state index contributed by atoms with van der Waals surface area (Å²) in [6.07, 6.45) is 1.70. The van der Waals surface area contributed by atoms with Crippen LogP contribution in [0.1, 0.15) is 5.69 Å². The van der Waals surface area contributed by atoms with Crippen molar-refractivity contribution in [3.05, 3.63) is 76.8 Å². The summed E-state index contributed by atoms with van der Waals surface area (Å²) in [5.41, 5.74) is 2.46. The number of nitrogens with zero attached hydrogens (tertiary/aromatic N) is 3. The summed E-state index contributed by atoms with van der Waals surface area (Å²) in [5, 5.41) is 16.0. The average molecular weight is 317 g/mol. The van der Waals surface area contributed by atoms with Crippen LogP contribution in [-0.2, 0) is 0 Å². The topological polar surface area (TPSA) is 75.6 Å². The minimum absolute atomic E-state index is 0.128. The molecule has 6 nitrogen and oxygen atoms in total. The highest BCUT2D eigenvalue weighted by Gasteiger charge is 2.06. The number of H-pyrrole nitrogens is 1. The lowest BCUT2D eigenvalue weighted by atomic mass is 10.2. The van der Waals surface area contributed by atoms with Crippen molar-refractivity contribution >= 4 is 22.3 Å². The summed E-state index contributed by atoms with van der Waals surface area (Å²) < 4.78 is 1.41. The third-order valence-corrected chi connectivity index (χ3v) is 3.79. The van der Waals surface area contributed by atoms with Crippen molar-refractivity contribution in [1.82, 2.24) is 20.0 Å². The number of aryl methyl sites for hydroxylation is 1. The predicted molar refractivity (Wildman–Crippen MR) is 93.9 cm³/mol. The van der Waals surface area contributed by atoms with Gasteiger partial charge in [0.15, 0.2) is 5.82 Å². The number of nitrogens with one attached hydrogen (secondary N) is 2. The molecule has 0 atom stereocenters. The Kier molecular flexibility index (Phi) is 3.35. The first kappa shape index (κ1) is 14.2. The molecule has 4 rings (SSSR count). The number of benzene rings is 2. The van der Waals surface area contributed by atoms with Gasteiger partial charge in [0, 0.05) is 22.8 Å². The van der Waals surface area contributed by atoms with Crippen LogP contribution in [0, 0.1) is 6.92 Å². The molecule has 0 saturated carbocycles. The third kappa shape index (κ3) is 2.54. The van der Waals surface area contributed by atoms with Crippen LogP contribution in [0.15, 0.2) is 65.6 Å². The number of rotatable bonds is 3. The molecule has 0 fully saturated rings. The van der Waals surface area contributed by atoms with E-state index in [0.717, 1.165) is 28.3 Å². The van der Waals surface area contributed by atoms with Crippen LogP contribution < -0.4 is 10.9 Å². The molecule has 2 heterocycles. The molecule has 0 bridgehead atoms. The molecule has 118 valence electrons. The van der Waals surface area contributed by atoms with E-state index in [9.17, 15) is 4.79 Å². The van der Waals surface area contributed by atoms with Gasteiger partial charge in [0.2, 0.25) is 0 Å². The SMILES string of the molecule is Cc1cc(Nc2ccc(-n3ncc4ccccc4c3=O)cc2)n[nH]1. The highest BCUT2D eigenvalue weighted by Crippen LogP contribution is 2.17. The minimum Gasteiger partial charge on any atom is -0.339 e. The summed E-state index contributed by atoms with van der Waals surface area (Å²) >= 11 is 0. The van der Waals surface area contributed by atoms with Gasteiger partial charge in [-0.15, -0.1) is 0 Å². The molecule has 0 unspecified atom stereocenters. The van der Waals surface area contributed by atoms with Crippen LogP contribution >= 0.6 is 0 Å². The minimum atomic E-state index is -0.128. The van der Waals surface area contributed by atoms with E-state index in [1.165, 1.54) is 4.68 Å². The van der Waals surface area contributed by atoms with Crippen molar-refractivity contribution in [2.45, 2.75) is 6.92 Å². The zero-order valence-electron chi connectivity index (χ0n) is 13.0. The number of hydrogen-bond acceptors (Lipinski definition) is 4. The summed E-state index contributed by atoms with van der Waals surface area (Å²) in [5.74, 6) is 0.751. The normalized spacial score (nSPS) is 10.9. The van der Waals surface area contributed by atoms with Crippen molar-refractivity contribution in [2.75, 3.05) is 5.32 Å². The second-order valence-corrected chi connectivity index (χ2v) is 5.56. The predicted octanol–water partition coefficient (Wildman–Crippen LogP) is 3.16.